The first-order chi connectivity index (χ1) is 11.5. The lowest BCUT2D eigenvalue weighted by Crippen LogP contribution is -2.46. The highest BCUT2D eigenvalue weighted by atomic mass is 31.2. The van der Waals surface area contributed by atoms with Crippen molar-refractivity contribution in [1.29, 1.82) is 0 Å². The Balaban J connectivity index is 2.08. The molecular weight excluding hydrogens is 358 g/mol. The van der Waals surface area contributed by atoms with Crippen molar-refractivity contribution in [3.63, 3.8) is 0 Å². The molecule has 6 nitrogen and oxygen atoms in total. The first-order valence-corrected chi connectivity index (χ1v) is 10.6. The molecule has 0 unspecified atom stereocenters. The van der Waals surface area contributed by atoms with Crippen molar-refractivity contribution in [2.45, 2.75) is 12.7 Å². The van der Waals surface area contributed by atoms with Gasteiger partial charge in [0, 0.05) is 44.9 Å². The van der Waals surface area contributed by atoms with Gasteiger partial charge in [0.05, 0.1) is 23.9 Å². The first kappa shape index (κ1) is 19.9. The van der Waals surface area contributed by atoms with E-state index in [0.717, 1.165) is 6.07 Å². The first-order valence-electron chi connectivity index (χ1n) is 7.79. The van der Waals surface area contributed by atoms with Crippen molar-refractivity contribution in [3.8, 4) is 0 Å². The van der Waals surface area contributed by atoms with E-state index in [1.807, 2.05) is 4.90 Å². The number of non-ortho nitro benzene ring substituents is 1. The summed E-state index contributed by atoms with van der Waals surface area (Å²) in [5, 5.41) is 10.7. The van der Waals surface area contributed by atoms with Gasteiger partial charge < -0.3 is 4.57 Å². The zero-order valence-corrected chi connectivity index (χ0v) is 15.0. The summed E-state index contributed by atoms with van der Waals surface area (Å²) in [5.74, 6) is 0. The Morgan fingerprint density at radius 2 is 1.72 bits per heavy atom. The topological polar surface area (TPSA) is 66.7 Å². The number of piperazine rings is 1. The van der Waals surface area contributed by atoms with E-state index in [1.54, 1.807) is 13.3 Å². The molecule has 25 heavy (non-hydrogen) atoms. The average Bonchev–Trinajstić information content (AvgIpc) is 2.47. The molecule has 1 aromatic carbocycles. The quantitative estimate of drug-likeness (QED) is 0.446. The van der Waals surface area contributed by atoms with E-state index >= 15 is 0 Å². The maximum Gasteiger partial charge on any atom is 0.416 e. The molecular formula is C15H21F3N3O3P. The van der Waals surface area contributed by atoms with Crippen molar-refractivity contribution in [1.82, 2.24) is 9.80 Å². The number of nitro benzene ring substituents is 1. The summed E-state index contributed by atoms with van der Waals surface area (Å²) < 4.78 is 51.5. The molecule has 1 aliphatic heterocycles. The number of nitro groups is 1. The van der Waals surface area contributed by atoms with Crippen LogP contribution in [0.25, 0.3) is 0 Å². The third-order valence-corrected chi connectivity index (χ3v) is 5.09. The van der Waals surface area contributed by atoms with Crippen LogP contribution in [0.1, 0.15) is 11.1 Å². The van der Waals surface area contributed by atoms with Crippen molar-refractivity contribution in [2.75, 3.05) is 45.8 Å². The molecule has 2 rings (SSSR count). The summed E-state index contributed by atoms with van der Waals surface area (Å²) in [4.78, 5) is 13.8. The van der Waals surface area contributed by atoms with Crippen molar-refractivity contribution in [3.05, 3.63) is 39.4 Å². The van der Waals surface area contributed by atoms with Gasteiger partial charge >= 0.3 is 6.18 Å². The molecule has 0 aromatic heterocycles. The number of nitrogens with zero attached hydrogens (tertiary/aromatic N) is 3. The fraction of sp³-hybridized carbons (Fsp3) is 0.600. The summed E-state index contributed by atoms with van der Waals surface area (Å²) in [6.07, 6.45) is -4.13. The van der Waals surface area contributed by atoms with Gasteiger partial charge in [0.2, 0.25) is 0 Å². The Kier molecular flexibility index (Phi) is 5.91. The molecule has 0 atom stereocenters. The molecule has 1 saturated heterocycles. The van der Waals surface area contributed by atoms with Crippen LogP contribution in [0.4, 0.5) is 18.9 Å². The van der Waals surface area contributed by atoms with Gasteiger partial charge in [-0.1, -0.05) is 6.07 Å². The van der Waals surface area contributed by atoms with Crippen LogP contribution in [0.15, 0.2) is 18.2 Å². The van der Waals surface area contributed by atoms with E-state index in [-0.39, 0.29) is 12.1 Å². The summed E-state index contributed by atoms with van der Waals surface area (Å²) in [5.41, 5.74) is -1.50. The van der Waals surface area contributed by atoms with Gasteiger partial charge in [-0.3, -0.25) is 19.9 Å². The lowest BCUT2D eigenvalue weighted by Gasteiger charge is -2.35. The highest BCUT2D eigenvalue weighted by molar-refractivity contribution is 7.62. The Bertz CT molecular complexity index is 682. The highest BCUT2D eigenvalue weighted by Crippen LogP contribution is 2.37. The van der Waals surface area contributed by atoms with Gasteiger partial charge in [-0.2, -0.15) is 13.2 Å². The van der Waals surface area contributed by atoms with Crippen LogP contribution >= 0.6 is 7.14 Å². The second kappa shape index (κ2) is 7.43. The summed E-state index contributed by atoms with van der Waals surface area (Å²) in [6.45, 7) is 5.91. The zero-order chi connectivity index (χ0) is 18.8. The fourth-order valence-corrected chi connectivity index (χ4v) is 4.14. The van der Waals surface area contributed by atoms with Gasteiger partial charge in [0.25, 0.3) is 5.69 Å². The molecule has 1 aliphatic rings. The maximum absolute atomic E-state index is 13.2. The molecule has 0 aliphatic carbocycles. The largest absolute Gasteiger partial charge is 0.416 e. The average molecular weight is 379 g/mol. The smallest absolute Gasteiger partial charge is 0.323 e. The van der Waals surface area contributed by atoms with E-state index in [4.69, 9.17) is 0 Å². The fourth-order valence-electron chi connectivity index (χ4n) is 2.89. The minimum absolute atomic E-state index is 0.0307. The molecule has 0 spiro atoms. The normalized spacial score (nSPS) is 17.6. The Morgan fingerprint density at radius 3 is 2.20 bits per heavy atom. The van der Waals surface area contributed by atoms with E-state index in [2.05, 4.69) is 4.90 Å². The summed E-state index contributed by atoms with van der Waals surface area (Å²) in [6, 6.07) is 2.88. The summed E-state index contributed by atoms with van der Waals surface area (Å²) >= 11 is 0. The third-order valence-electron chi connectivity index (χ3n) is 4.01. The monoisotopic (exact) mass is 379 g/mol. The maximum atomic E-state index is 13.2. The van der Waals surface area contributed by atoms with Crippen molar-refractivity contribution >= 4 is 12.8 Å². The molecule has 1 heterocycles. The second-order valence-electron chi connectivity index (χ2n) is 6.71. The van der Waals surface area contributed by atoms with Gasteiger partial charge in [-0.15, -0.1) is 0 Å². The Morgan fingerprint density at radius 1 is 1.16 bits per heavy atom. The molecule has 140 valence electrons. The Labute approximate surface area is 144 Å². The molecule has 0 saturated carbocycles. The van der Waals surface area contributed by atoms with Crippen molar-refractivity contribution < 1.29 is 22.7 Å². The van der Waals surface area contributed by atoms with Gasteiger partial charge in [-0.25, -0.2) is 0 Å². The number of hydrogen-bond donors (Lipinski definition) is 0. The van der Waals surface area contributed by atoms with E-state index < -0.39 is 29.5 Å². The number of halogens is 3. The molecule has 1 aromatic rings. The predicted molar refractivity (Wildman–Crippen MR) is 89.3 cm³/mol. The van der Waals surface area contributed by atoms with Crippen LogP contribution in [-0.4, -0.2) is 60.5 Å². The van der Waals surface area contributed by atoms with Crippen LogP contribution in [0.3, 0.4) is 0 Å². The molecule has 0 radical (unpaired) electrons. The lowest BCUT2D eigenvalue weighted by atomic mass is 10.0. The standard InChI is InChI=1S/C15H21F3N3O3P/c1-25(2,24)11-20-7-5-19(6-8-20)10-12-3-4-13(21(22)23)9-14(12)15(16,17)18/h3-4,9H,5-8,10-11H2,1-2H3. The third kappa shape index (κ3) is 5.80. The van der Waals surface area contributed by atoms with Crippen LogP contribution in [0.2, 0.25) is 0 Å². The minimum Gasteiger partial charge on any atom is -0.323 e. The molecule has 0 N–H and O–H groups in total. The van der Waals surface area contributed by atoms with Crippen LogP contribution in [0.5, 0.6) is 0 Å². The number of benzene rings is 1. The highest BCUT2D eigenvalue weighted by Gasteiger charge is 2.35. The summed E-state index contributed by atoms with van der Waals surface area (Å²) in [7, 11) is -2.17. The van der Waals surface area contributed by atoms with E-state index in [1.165, 1.54) is 6.07 Å². The SMILES string of the molecule is CP(C)(=O)CN1CCN(Cc2ccc([N+](=O)[O-])cc2C(F)(F)F)CC1. The van der Waals surface area contributed by atoms with E-state index in [9.17, 15) is 27.9 Å². The number of hydrogen-bond acceptors (Lipinski definition) is 5. The molecule has 0 bridgehead atoms. The number of alkyl halides is 3. The lowest BCUT2D eigenvalue weighted by molar-refractivity contribution is -0.385. The van der Waals surface area contributed by atoms with Crippen LogP contribution in [-0.2, 0) is 17.3 Å². The molecule has 10 heteroatoms. The van der Waals surface area contributed by atoms with Gasteiger partial charge in [0.1, 0.15) is 0 Å². The Hall–Kier alpha value is -1.44. The second-order valence-corrected chi connectivity index (χ2v) is 10.1. The van der Waals surface area contributed by atoms with Crippen LogP contribution in [0, 0.1) is 10.1 Å². The van der Waals surface area contributed by atoms with Gasteiger partial charge in [-0.05, 0) is 18.9 Å². The molecule has 1 fully saturated rings. The van der Waals surface area contributed by atoms with Crippen LogP contribution < -0.4 is 0 Å². The van der Waals surface area contributed by atoms with E-state index in [0.29, 0.717) is 38.5 Å². The zero-order valence-electron chi connectivity index (χ0n) is 14.1. The predicted octanol–water partition coefficient (Wildman–Crippen LogP) is 3.31. The minimum atomic E-state index is -4.64. The van der Waals surface area contributed by atoms with Gasteiger partial charge in [0.15, 0.2) is 0 Å². The molecule has 0 amide bonds. The number of rotatable bonds is 5. The van der Waals surface area contributed by atoms with Crippen molar-refractivity contribution in [2.24, 2.45) is 0 Å².